The maximum atomic E-state index is 6.82. The van der Waals surface area contributed by atoms with E-state index in [9.17, 15) is 0 Å². The van der Waals surface area contributed by atoms with Gasteiger partial charge in [0.25, 0.3) is 0 Å². The number of fused-ring (bicyclic) bond motifs is 1. The summed E-state index contributed by atoms with van der Waals surface area (Å²) in [6.45, 7) is 0.604. The standard InChI is InChI=1S/C32H58O4/c1-3-7-13-19-27(20-14-8-4-1)33-26-32(34-28-21-15-9-5-2-6-10-16-22-28)35-29-23-17-11-12-18-24-30-31(25-29)36-30/h27-32H,1-26H2. The molecule has 0 spiro atoms. The monoisotopic (exact) mass is 506 g/mol. The van der Waals surface area contributed by atoms with Crippen LogP contribution in [0.1, 0.15) is 161 Å². The fourth-order valence-electron chi connectivity index (χ4n) is 6.81. The highest BCUT2D eigenvalue weighted by Crippen LogP contribution is 2.35. The Morgan fingerprint density at radius 1 is 0.444 bits per heavy atom. The molecule has 36 heavy (non-hydrogen) atoms. The molecule has 1 heterocycles. The number of ether oxygens (including phenoxy) is 4. The molecule has 0 aromatic carbocycles. The molecule has 4 unspecified atom stereocenters. The van der Waals surface area contributed by atoms with Gasteiger partial charge in [-0.2, -0.15) is 0 Å². The average molecular weight is 507 g/mol. The molecule has 4 fully saturated rings. The second-order valence-electron chi connectivity index (χ2n) is 12.4. The van der Waals surface area contributed by atoms with Crippen LogP contribution in [0.15, 0.2) is 0 Å². The van der Waals surface area contributed by atoms with E-state index in [1.165, 1.54) is 148 Å². The summed E-state index contributed by atoms with van der Waals surface area (Å²) in [6, 6.07) is 0. The van der Waals surface area contributed by atoms with E-state index >= 15 is 0 Å². The van der Waals surface area contributed by atoms with Gasteiger partial charge in [0.1, 0.15) is 0 Å². The first-order valence-corrected chi connectivity index (χ1v) is 16.4. The van der Waals surface area contributed by atoms with Crippen LogP contribution in [-0.4, -0.2) is 43.4 Å². The van der Waals surface area contributed by atoms with Crippen molar-refractivity contribution in [3.8, 4) is 0 Å². The van der Waals surface area contributed by atoms with Gasteiger partial charge in [-0.1, -0.05) is 116 Å². The van der Waals surface area contributed by atoms with Gasteiger partial charge in [0.15, 0.2) is 6.29 Å². The Labute approximate surface area is 222 Å². The molecular formula is C32H58O4. The molecule has 4 aliphatic rings. The first-order chi connectivity index (χ1) is 17.9. The lowest BCUT2D eigenvalue weighted by molar-refractivity contribution is -0.227. The highest BCUT2D eigenvalue weighted by molar-refractivity contribution is 4.88. The predicted octanol–water partition coefficient (Wildman–Crippen LogP) is 9.03. The first-order valence-electron chi connectivity index (χ1n) is 16.4. The van der Waals surface area contributed by atoms with Crippen molar-refractivity contribution in [2.45, 2.75) is 197 Å². The molecule has 1 saturated heterocycles. The van der Waals surface area contributed by atoms with Gasteiger partial charge < -0.3 is 18.9 Å². The van der Waals surface area contributed by atoms with Crippen molar-refractivity contribution in [3.63, 3.8) is 0 Å². The second kappa shape index (κ2) is 17.4. The SMILES string of the molecule is C1CCCCC(OCC(OC2CCCCCCCCC2)OC2CCCCCCC3OC3C2)CCCC1. The van der Waals surface area contributed by atoms with Crippen molar-refractivity contribution in [2.24, 2.45) is 0 Å². The van der Waals surface area contributed by atoms with Gasteiger partial charge in [0.2, 0.25) is 0 Å². The van der Waals surface area contributed by atoms with Gasteiger partial charge in [-0.3, -0.25) is 0 Å². The van der Waals surface area contributed by atoms with Gasteiger partial charge in [0.05, 0.1) is 37.1 Å². The van der Waals surface area contributed by atoms with Gasteiger partial charge in [-0.05, 0) is 38.5 Å². The molecule has 3 saturated carbocycles. The zero-order chi connectivity index (χ0) is 24.7. The quantitative estimate of drug-likeness (QED) is 0.255. The molecule has 1 aliphatic heterocycles. The molecule has 4 nitrogen and oxygen atoms in total. The molecule has 4 heteroatoms. The maximum absolute atomic E-state index is 6.82. The minimum atomic E-state index is -0.224. The minimum Gasteiger partial charge on any atom is -0.373 e. The van der Waals surface area contributed by atoms with Crippen molar-refractivity contribution in [1.82, 2.24) is 0 Å². The third-order valence-corrected chi connectivity index (χ3v) is 9.21. The van der Waals surface area contributed by atoms with Crippen LogP contribution in [-0.2, 0) is 18.9 Å². The normalized spacial score (nSPS) is 32.2. The number of epoxide rings is 1. The highest BCUT2D eigenvalue weighted by Gasteiger charge is 2.40. The van der Waals surface area contributed by atoms with Crippen molar-refractivity contribution in [2.75, 3.05) is 6.61 Å². The van der Waals surface area contributed by atoms with Gasteiger partial charge in [0, 0.05) is 6.42 Å². The predicted molar refractivity (Wildman–Crippen MR) is 147 cm³/mol. The largest absolute Gasteiger partial charge is 0.373 e. The summed E-state index contributed by atoms with van der Waals surface area (Å²) in [5.41, 5.74) is 0. The van der Waals surface area contributed by atoms with Crippen LogP contribution in [0, 0.1) is 0 Å². The summed E-state index contributed by atoms with van der Waals surface area (Å²) in [7, 11) is 0. The Bertz CT molecular complexity index is 534. The number of rotatable bonds is 7. The fourth-order valence-corrected chi connectivity index (χ4v) is 6.81. The molecule has 0 amide bonds. The third-order valence-electron chi connectivity index (χ3n) is 9.21. The second-order valence-corrected chi connectivity index (χ2v) is 12.4. The van der Waals surface area contributed by atoms with Crippen molar-refractivity contribution < 1.29 is 18.9 Å². The Balaban J connectivity index is 1.33. The lowest BCUT2D eigenvalue weighted by Crippen LogP contribution is -2.35. The van der Waals surface area contributed by atoms with E-state index in [1.807, 2.05) is 0 Å². The molecule has 0 bridgehead atoms. The zero-order valence-corrected chi connectivity index (χ0v) is 23.5. The van der Waals surface area contributed by atoms with Crippen LogP contribution in [0.4, 0.5) is 0 Å². The van der Waals surface area contributed by atoms with Crippen LogP contribution >= 0.6 is 0 Å². The van der Waals surface area contributed by atoms with Crippen molar-refractivity contribution in [1.29, 1.82) is 0 Å². The Hall–Kier alpha value is -0.160. The molecule has 0 N–H and O–H groups in total. The Kier molecular flexibility index (Phi) is 14.0. The van der Waals surface area contributed by atoms with E-state index in [0.717, 1.165) is 12.8 Å². The molecule has 3 aliphatic carbocycles. The molecule has 210 valence electrons. The van der Waals surface area contributed by atoms with E-state index in [4.69, 9.17) is 18.9 Å². The lowest BCUT2D eigenvalue weighted by Gasteiger charge is -2.31. The third kappa shape index (κ3) is 11.7. The maximum Gasteiger partial charge on any atom is 0.181 e. The van der Waals surface area contributed by atoms with Crippen LogP contribution in [0.3, 0.4) is 0 Å². The summed E-state index contributed by atoms with van der Waals surface area (Å²) >= 11 is 0. The molecule has 4 atom stereocenters. The van der Waals surface area contributed by atoms with Crippen molar-refractivity contribution in [3.05, 3.63) is 0 Å². The summed E-state index contributed by atoms with van der Waals surface area (Å²) in [5.74, 6) is 0. The van der Waals surface area contributed by atoms with E-state index in [0.29, 0.717) is 31.0 Å². The Morgan fingerprint density at radius 3 is 1.42 bits per heavy atom. The number of hydrogen-bond acceptors (Lipinski definition) is 4. The van der Waals surface area contributed by atoms with Crippen LogP contribution < -0.4 is 0 Å². The van der Waals surface area contributed by atoms with Gasteiger partial charge in [-0.15, -0.1) is 0 Å². The van der Waals surface area contributed by atoms with Crippen LogP contribution in [0.5, 0.6) is 0 Å². The molecule has 0 aromatic heterocycles. The number of hydrogen-bond donors (Lipinski definition) is 0. The first kappa shape index (κ1) is 28.8. The topological polar surface area (TPSA) is 40.2 Å². The lowest BCUT2D eigenvalue weighted by atomic mass is 9.98. The molecular weight excluding hydrogens is 448 g/mol. The van der Waals surface area contributed by atoms with E-state index in [-0.39, 0.29) is 12.4 Å². The zero-order valence-electron chi connectivity index (χ0n) is 23.5. The highest BCUT2D eigenvalue weighted by atomic mass is 16.7. The van der Waals surface area contributed by atoms with Gasteiger partial charge >= 0.3 is 0 Å². The molecule has 0 radical (unpaired) electrons. The van der Waals surface area contributed by atoms with E-state index in [1.54, 1.807) is 0 Å². The van der Waals surface area contributed by atoms with Crippen LogP contribution in [0.25, 0.3) is 0 Å². The summed E-state index contributed by atoms with van der Waals surface area (Å²) in [5, 5.41) is 0. The van der Waals surface area contributed by atoms with Crippen molar-refractivity contribution >= 4 is 0 Å². The Morgan fingerprint density at radius 2 is 0.861 bits per heavy atom. The van der Waals surface area contributed by atoms with Crippen LogP contribution in [0.2, 0.25) is 0 Å². The minimum absolute atomic E-state index is 0.224. The molecule has 4 rings (SSSR count). The van der Waals surface area contributed by atoms with E-state index in [2.05, 4.69) is 0 Å². The smallest absolute Gasteiger partial charge is 0.181 e. The fraction of sp³-hybridized carbons (Fsp3) is 1.00. The van der Waals surface area contributed by atoms with Gasteiger partial charge in [-0.25, -0.2) is 0 Å². The average Bonchev–Trinajstić information content (AvgIpc) is 3.65. The summed E-state index contributed by atoms with van der Waals surface area (Å²) in [6.07, 6.45) is 34.1. The van der Waals surface area contributed by atoms with E-state index < -0.39 is 0 Å². The molecule has 0 aromatic rings. The summed E-state index contributed by atoms with van der Waals surface area (Å²) in [4.78, 5) is 0. The summed E-state index contributed by atoms with van der Waals surface area (Å²) < 4.78 is 26.3.